The molecular formula is C26H24N4O2S. The maximum absolute atomic E-state index is 5.89. The summed E-state index contributed by atoms with van der Waals surface area (Å²) in [7, 11) is 1.66. The van der Waals surface area contributed by atoms with Crippen LogP contribution in [0.25, 0.3) is 21.1 Å². The van der Waals surface area contributed by atoms with E-state index >= 15 is 0 Å². The summed E-state index contributed by atoms with van der Waals surface area (Å²) in [6.45, 7) is 1.48. The summed E-state index contributed by atoms with van der Waals surface area (Å²) in [4.78, 5) is 4.56. The van der Waals surface area contributed by atoms with Crippen molar-refractivity contribution in [2.24, 2.45) is 5.10 Å². The normalized spacial score (nSPS) is 11.4. The summed E-state index contributed by atoms with van der Waals surface area (Å²) in [5.74, 6) is 1.62. The third-order valence-electron chi connectivity index (χ3n) is 5.33. The molecule has 1 N–H and O–H groups in total. The van der Waals surface area contributed by atoms with Crippen LogP contribution in [0.15, 0.2) is 84.1 Å². The lowest BCUT2D eigenvalue weighted by atomic mass is 10.2. The van der Waals surface area contributed by atoms with E-state index in [4.69, 9.17) is 9.47 Å². The summed E-state index contributed by atoms with van der Waals surface area (Å²) < 4.78 is 14.5. The molecule has 0 aliphatic carbocycles. The first-order valence-corrected chi connectivity index (χ1v) is 11.6. The van der Waals surface area contributed by atoms with Crippen LogP contribution < -0.4 is 14.9 Å². The van der Waals surface area contributed by atoms with Gasteiger partial charge in [0.1, 0.15) is 11.5 Å². The molecule has 0 unspecified atom stereocenters. The molecule has 5 rings (SSSR count). The average molecular weight is 457 g/mol. The van der Waals surface area contributed by atoms with Crippen LogP contribution in [0.2, 0.25) is 0 Å². The highest BCUT2D eigenvalue weighted by atomic mass is 32.1. The third-order valence-corrected chi connectivity index (χ3v) is 6.27. The Bertz CT molecular complexity index is 1370. The van der Waals surface area contributed by atoms with Gasteiger partial charge in [-0.1, -0.05) is 47.7 Å². The van der Waals surface area contributed by atoms with E-state index in [2.05, 4.69) is 56.6 Å². The van der Waals surface area contributed by atoms with Gasteiger partial charge < -0.3 is 14.0 Å². The fraction of sp³-hybridized carbons (Fsp3) is 0.154. The molecule has 7 heteroatoms. The minimum Gasteiger partial charge on any atom is -0.497 e. The summed E-state index contributed by atoms with van der Waals surface area (Å²) in [6, 6.07) is 24.1. The first-order valence-electron chi connectivity index (χ1n) is 10.8. The van der Waals surface area contributed by atoms with Gasteiger partial charge in [0.05, 0.1) is 30.1 Å². The van der Waals surface area contributed by atoms with Crippen molar-refractivity contribution in [3.63, 3.8) is 0 Å². The zero-order chi connectivity index (χ0) is 22.5. The van der Waals surface area contributed by atoms with E-state index < -0.39 is 0 Å². The number of nitrogens with zero attached hydrogens (tertiary/aromatic N) is 3. The molecular weight excluding hydrogens is 432 g/mol. The van der Waals surface area contributed by atoms with Crippen LogP contribution in [0.1, 0.15) is 12.0 Å². The predicted octanol–water partition coefficient (Wildman–Crippen LogP) is 6.17. The van der Waals surface area contributed by atoms with Crippen LogP contribution in [0.4, 0.5) is 5.13 Å². The zero-order valence-corrected chi connectivity index (χ0v) is 19.1. The molecule has 0 amide bonds. The maximum Gasteiger partial charge on any atom is 0.204 e. The fourth-order valence-electron chi connectivity index (χ4n) is 3.76. The van der Waals surface area contributed by atoms with Crippen LogP contribution in [-0.4, -0.2) is 29.5 Å². The molecule has 0 aliphatic rings. The standard InChI is InChI=1S/C26H24N4O2S/c1-31-20-8-6-9-21(16-20)32-15-7-14-30-18-19(22-10-2-4-12-24(22)30)17-27-29-26-28-23-11-3-5-13-25(23)33-26/h2-6,8-13,16-18H,7,14-15H2,1H3,(H,28,29)/b27-17-. The molecule has 0 atom stereocenters. The molecule has 0 radical (unpaired) electrons. The first-order chi connectivity index (χ1) is 16.3. The van der Waals surface area contributed by atoms with Crippen LogP contribution in [0.5, 0.6) is 11.5 Å². The number of benzene rings is 3. The second-order valence-corrected chi connectivity index (χ2v) is 8.56. The van der Waals surface area contributed by atoms with Crippen molar-refractivity contribution in [1.82, 2.24) is 9.55 Å². The number of aromatic nitrogens is 2. The second kappa shape index (κ2) is 9.75. The molecule has 2 heterocycles. The molecule has 33 heavy (non-hydrogen) atoms. The number of anilines is 1. The van der Waals surface area contributed by atoms with Crippen molar-refractivity contribution in [1.29, 1.82) is 0 Å². The highest BCUT2D eigenvalue weighted by molar-refractivity contribution is 7.22. The van der Waals surface area contributed by atoms with Crippen molar-refractivity contribution in [3.8, 4) is 11.5 Å². The molecule has 0 aliphatic heterocycles. The predicted molar refractivity (Wildman–Crippen MR) is 136 cm³/mol. The number of rotatable bonds is 9. The Morgan fingerprint density at radius 2 is 1.88 bits per heavy atom. The van der Waals surface area contributed by atoms with Crippen molar-refractivity contribution < 1.29 is 9.47 Å². The van der Waals surface area contributed by atoms with Gasteiger partial charge in [0, 0.05) is 35.3 Å². The van der Waals surface area contributed by atoms with Gasteiger partial charge in [-0.2, -0.15) is 5.10 Å². The number of hydrogen-bond donors (Lipinski definition) is 1. The number of thiazole rings is 1. The Balaban J connectivity index is 1.24. The molecule has 3 aromatic carbocycles. The van der Waals surface area contributed by atoms with Gasteiger partial charge in [-0.3, -0.25) is 5.43 Å². The van der Waals surface area contributed by atoms with Gasteiger partial charge in [0.15, 0.2) is 0 Å². The van der Waals surface area contributed by atoms with E-state index in [0.29, 0.717) is 6.61 Å². The number of aryl methyl sites for hydroxylation is 1. The number of nitrogens with one attached hydrogen (secondary N) is 1. The molecule has 0 spiro atoms. The smallest absolute Gasteiger partial charge is 0.204 e. The van der Waals surface area contributed by atoms with E-state index in [9.17, 15) is 0 Å². The Morgan fingerprint density at radius 1 is 1.03 bits per heavy atom. The largest absolute Gasteiger partial charge is 0.497 e. The Kier molecular flexibility index (Phi) is 6.21. The lowest BCUT2D eigenvalue weighted by molar-refractivity contribution is 0.300. The molecule has 0 fully saturated rings. The third kappa shape index (κ3) is 4.83. The quantitative estimate of drug-likeness (QED) is 0.164. The van der Waals surface area contributed by atoms with Crippen molar-refractivity contribution in [3.05, 3.63) is 84.6 Å². The molecule has 5 aromatic rings. The number of para-hydroxylation sites is 2. The minimum absolute atomic E-state index is 0.627. The average Bonchev–Trinajstić information content (AvgIpc) is 3.43. The van der Waals surface area contributed by atoms with Crippen molar-refractivity contribution >= 4 is 43.8 Å². The van der Waals surface area contributed by atoms with Gasteiger partial charge in [-0.15, -0.1) is 0 Å². The van der Waals surface area contributed by atoms with Crippen molar-refractivity contribution in [2.45, 2.75) is 13.0 Å². The van der Waals surface area contributed by atoms with Crippen LogP contribution in [-0.2, 0) is 6.54 Å². The SMILES string of the molecule is COc1cccc(OCCCn2cc(/C=N\Nc3nc4ccccc4s3)c3ccccc32)c1. The van der Waals surface area contributed by atoms with Gasteiger partial charge in [-0.25, -0.2) is 4.98 Å². The van der Waals surface area contributed by atoms with Gasteiger partial charge in [0.2, 0.25) is 5.13 Å². The van der Waals surface area contributed by atoms with E-state index in [1.54, 1.807) is 18.4 Å². The molecule has 2 aromatic heterocycles. The summed E-state index contributed by atoms with van der Waals surface area (Å²) >= 11 is 1.59. The van der Waals surface area contributed by atoms with Crippen LogP contribution in [0, 0.1) is 0 Å². The summed E-state index contributed by atoms with van der Waals surface area (Å²) in [5, 5.41) is 6.40. The van der Waals surface area contributed by atoms with Gasteiger partial charge in [-0.05, 0) is 36.8 Å². The number of methoxy groups -OCH3 is 1. The molecule has 6 nitrogen and oxygen atoms in total. The van der Waals surface area contributed by atoms with Gasteiger partial charge in [0.25, 0.3) is 0 Å². The van der Waals surface area contributed by atoms with E-state index in [0.717, 1.165) is 45.4 Å². The van der Waals surface area contributed by atoms with E-state index in [1.807, 2.05) is 48.7 Å². The monoisotopic (exact) mass is 456 g/mol. The lowest BCUT2D eigenvalue weighted by Gasteiger charge is -2.09. The zero-order valence-electron chi connectivity index (χ0n) is 18.3. The minimum atomic E-state index is 0.627. The van der Waals surface area contributed by atoms with Crippen LogP contribution in [0.3, 0.4) is 0 Å². The fourth-order valence-corrected chi connectivity index (χ4v) is 4.57. The maximum atomic E-state index is 5.89. The highest BCUT2D eigenvalue weighted by Crippen LogP contribution is 2.26. The summed E-state index contributed by atoms with van der Waals surface area (Å²) in [6.07, 6.45) is 4.88. The molecule has 0 saturated heterocycles. The number of ether oxygens (including phenoxy) is 2. The van der Waals surface area contributed by atoms with Crippen molar-refractivity contribution in [2.75, 3.05) is 19.1 Å². The number of hydrazone groups is 1. The highest BCUT2D eigenvalue weighted by Gasteiger charge is 2.07. The second-order valence-electron chi connectivity index (χ2n) is 7.53. The first kappa shape index (κ1) is 21.0. The Labute approximate surface area is 196 Å². The van der Waals surface area contributed by atoms with E-state index in [1.165, 1.54) is 10.9 Å². The topological polar surface area (TPSA) is 60.7 Å². The van der Waals surface area contributed by atoms with E-state index in [-0.39, 0.29) is 0 Å². The lowest BCUT2D eigenvalue weighted by Crippen LogP contribution is -2.03. The Hall–Kier alpha value is -3.84. The van der Waals surface area contributed by atoms with Gasteiger partial charge >= 0.3 is 0 Å². The number of hydrogen-bond acceptors (Lipinski definition) is 6. The molecule has 166 valence electrons. The number of fused-ring (bicyclic) bond motifs is 2. The molecule has 0 saturated carbocycles. The summed E-state index contributed by atoms with van der Waals surface area (Å²) in [5.41, 5.74) is 6.30. The Morgan fingerprint density at radius 3 is 2.79 bits per heavy atom. The molecule has 0 bridgehead atoms. The van der Waals surface area contributed by atoms with Crippen LogP contribution >= 0.6 is 11.3 Å².